The van der Waals surface area contributed by atoms with E-state index in [1.54, 1.807) is 0 Å². The first kappa shape index (κ1) is 11.4. The minimum absolute atomic E-state index is 0.914. The van der Waals surface area contributed by atoms with Crippen molar-refractivity contribution in [2.45, 2.75) is 19.8 Å². The van der Waals surface area contributed by atoms with Crippen LogP contribution >= 0.6 is 15.9 Å². The molecule has 3 N–H and O–H groups in total. The van der Waals surface area contributed by atoms with E-state index in [1.165, 1.54) is 0 Å². The van der Waals surface area contributed by atoms with Crippen LogP contribution in [0.2, 0.25) is 0 Å². The van der Waals surface area contributed by atoms with Crippen LogP contribution in [0.5, 0.6) is 0 Å². The Morgan fingerprint density at radius 1 is 1.38 bits per heavy atom. The number of nitrogens with one attached hydrogen (secondary N) is 1. The molecular weight excluding hydrogens is 266 g/mol. The van der Waals surface area contributed by atoms with Gasteiger partial charge in [0, 0.05) is 9.86 Å². The van der Waals surface area contributed by atoms with Gasteiger partial charge in [-0.15, -0.1) is 0 Å². The van der Waals surface area contributed by atoms with Crippen LogP contribution in [0.25, 0.3) is 10.9 Å². The number of hydrazine groups is 1. The van der Waals surface area contributed by atoms with Gasteiger partial charge in [0.15, 0.2) is 0 Å². The molecule has 0 radical (unpaired) electrons. The summed E-state index contributed by atoms with van der Waals surface area (Å²) in [6.45, 7) is 2.13. The van der Waals surface area contributed by atoms with Gasteiger partial charge in [0.1, 0.15) is 0 Å². The van der Waals surface area contributed by atoms with Gasteiger partial charge in [-0.3, -0.25) is 10.8 Å². The Morgan fingerprint density at radius 3 is 2.88 bits per heavy atom. The van der Waals surface area contributed by atoms with Crippen molar-refractivity contribution in [1.82, 2.24) is 4.98 Å². The molecule has 1 aromatic carbocycles. The molecule has 0 spiro atoms. The Labute approximate surface area is 103 Å². The molecule has 4 heteroatoms. The van der Waals surface area contributed by atoms with Crippen LogP contribution in [-0.4, -0.2) is 4.98 Å². The molecule has 2 aromatic rings. The normalized spacial score (nSPS) is 10.7. The molecule has 0 atom stereocenters. The fourth-order valence-electron chi connectivity index (χ4n) is 1.73. The molecule has 84 valence electrons. The highest BCUT2D eigenvalue weighted by Gasteiger charge is 2.05. The van der Waals surface area contributed by atoms with Gasteiger partial charge < -0.3 is 5.43 Å². The van der Waals surface area contributed by atoms with Crippen LogP contribution in [0.4, 0.5) is 5.69 Å². The van der Waals surface area contributed by atoms with Crippen LogP contribution in [0.1, 0.15) is 19.0 Å². The summed E-state index contributed by atoms with van der Waals surface area (Å²) in [6, 6.07) is 8.10. The average molecular weight is 280 g/mol. The Kier molecular flexibility index (Phi) is 3.41. The van der Waals surface area contributed by atoms with E-state index in [0.29, 0.717) is 0 Å². The van der Waals surface area contributed by atoms with Crippen molar-refractivity contribution in [3.8, 4) is 0 Å². The molecule has 0 bridgehead atoms. The van der Waals surface area contributed by atoms with E-state index in [4.69, 9.17) is 5.84 Å². The zero-order valence-electron chi connectivity index (χ0n) is 9.13. The number of halogens is 1. The largest absolute Gasteiger partial charge is 0.322 e. The molecule has 16 heavy (non-hydrogen) atoms. The number of aromatic nitrogens is 1. The molecular formula is C12H14BrN3. The number of benzene rings is 1. The lowest BCUT2D eigenvalue weighted by atomic mass is 10.1. The van der Waals surface area contributed by atoms with E-state index in [9.17, 15) is 0 Å². The smallest absolute Gasteiger partial charge is 0.0718 e. The lowest BCUT2D eigenvalue weighted by Crippen LogP contribution is -2.10. The number of rotatable bonds is 3. The van der Waals surface area contributed by atoms with Crippen molar-refractivity contribution >= 4 is 32.5 Å². The number of nitrogen functional groups attached to an aromatic ring is 1. The number of fused-ring (bicyclic) bond motifs is 1. The van der Waals surface area contributed by atoms with Gasteiger partial charge in [0.25, 0.3) is 0 Å². The van der Waals surface area contributed by atoms with Crippen molar-refractivity contribution in [2.75, 3.05) is 5.43 Å². The molecule has 0 aliphatic carbocycles. The molecule has 1 heterocycles. The third kappa shape index (κ3) is 2.18. The first-order valence-electron chi connectivity index (χ1n) is 5.30. The number of nitrogens with two attached hydrogens (primary N) is 1. The quantitative estimate of drug-likeness (QED) is 0.670. The van der Waals surface area contributed by atoms with Gasteiger partial charge in [0.2, 0.25) is 0 Å². The van der Waals surface area contributed by atoms with Crippen molar-refractivity contribution in [2.24, 2.45) is 5.84 Å². The number of hydrogen-bond acceptors (Lipinski definition) is 3. The lowest BCUT2D eigenvalue weighted by molar-refractivity contribution is 0.890. The monoisotopic (exact) mass is 279 g/mol. The van der Waals surface area contributed by atoms with E-state index in [1.807, 2.05) is 24.3 Å². The molecule has 0 aliphatic heterocycles. The summed E-state index contributed by atoms with van der Waals surface area (Å²) < 4.78 is 1.04. The Balaban J connectivity index is 2.60. The predicted molar refractivity (Wildman–Crippen MR) is 71.2 cm³/mol. The predicted octanol–water partition coefficient (Wildman–Crippen LogP) is 3.24. The summed E-state index contributed by atoms with van der Waals surface area (Å²) in [6.07, 6.45) is 1.99. The fraction of sp³-hybridized carbons (Fsp3) is 0.250. The summed E-state index contributed by atoms with van der Waals surface area (Å²) in [5.41, 5.74) is 5.65. The van der Waals surface area contributed by atoms with Crippen molar-refractivity contribution in [3.05, 3.63) is 34.4 Å². The third-order valence-corrected chi connectivity index (χ3v) is 2.99. The summed E-state index contributed by atoms with van der Waals surface area (Å²) in [4.78, 5) is 4.62. The maximum atomic E-state index is 5.50. The number of anilines is 1. The minimum atomic E-state index is 0.914. The summed E-state index contributed by atoms with van der Waals surface area (Å²) >= 11 is 3.45. The van der Waals surface area contributed by atoms with Crippen LogP contribution < -0.4 is 11.3 Å². The maximum Gasteiger partial charge on any atom is 0.0718 e. The molecule has 0 fully saturated rings. The highest BCUT2D eigenvalue weighted by molar-refractivity contribution is 9.10. The molecule has 1 aromatic heterocycles. The first-order chi connectivity index (χ1) is 7.74. The molecule has 2 rings (SSSR count). The molecule has 0 unspecified atom stereocenters. The van der Waals surface area contributed by atoms with Gasteiger partial charge in [0.05, 0.1) is 16.9 Å². The number of pyridine rings is 1. The second kappa shape index (κ2) is 4.80. The van der Waals surface area contributed by atoms with E-state index in [-0.39, 0.29) is 0 Å². The molecule has 0 amide bonds. The first-order valence-corrected chi connectivity index (χ1v) is 6.09. The SMILES string of the molecule is CCCc1nc2cc(Br)ccc2cc1NN. The number of aryl methyl sites for hydroxylation is 1. The molecule has 0 saturated heterocycles. The van der Waals surface area contributed by atoms with Gasteiger partial charge in [-0.25, -0.2) is 0 Å². The zero-order valence-corrected chi connectivity index (χ0v) is 10.7. The van der Waals surface area contributed by atoms with Crippen molar-refractivity contribution in [1.29, 1.82) is 0 Å². The van der Waals surface area contributed by atoms with Crippen LogP contribution in [0, 0.1) is 0 Å². The summed E-state index contributed by atoms with van der Waals surface area (Å²) in [5.74, 6) is 5.50. The van der Waals surface area contributed by atoms with Crippen molar-refractivity contribution in [3.63, 3.8) is 0 Å². The highest BCUT2D eigenvalue weighted by Crippen LogP contribution is 2.24. The Hall–Kier alpha value is -1.13. The van der Waals surface area contributed by atoms with Gasteiger partial charge in [-0.2, -0.15) is 0 Å². The van der Waals surface area contributed by atoms with Gasteiger partial charge >= 0.3 is 0 Å². The summed E-state index contributed by atoms with van der Waals surface area (Å²) in [5, 5.41) is 1.09. The average Bonchev–Trinajstić information content (AvgIpc) is 2.28. The van der Waals surface area contributed by atoms with E-state index in [0.717, 1.165) is 39.6 Å². The second-order valence-corrected chi connectivity index (χ2v) is 4.63. The highest BCUT2D eigenvalue weighted by atomic mass is 79.9. The van der Waals surface area contributed by atoms with Gasteiger partial charge in [-0.1, -0.05) is 35.3 Å². The molecule has 0 aliphatic rings. The molecule has 3 nitrogen and oxygen atoms in total. The molecule has 0 saturated carbocycles. The Morgan fingerprint density at radius 2 is 2.19 bits per heavy atom. The lowest BCUT2D eigenvalue weighted by Gasteiger charge is -2.09. The topological polar surface area (TPSA) is 50.9 Å². The van der Waals surface area contributed by atoms with Crippen molar-refractivity contribution < 1.29 is 0 Å². The fourth-order valence-corrected chi connectivity index (χ4v) is 2.08. The van der Waals surface area contributed by atoms with E-state index < -0.39 is 0 Å². The number of nitrogens with zero attached hydrogens (tertiary/aromatic N) is 1. The third-order valence-electron chi connectivity index (χ3n) is 2.50. The van der Waals surface area contributed by atoms with Crippen LogP contribution in [0.3, 0.4) is 0 Å². The zero-order chi connectivity index (χ0) is 11.5. The van der Waals surface area contributed by atoms with Crippen LogP contribution in [-0.2, 0) is 6.42 Å². The standard InChI is InChI=1S/C12H14BrN3/c1-2-3-10-12(16-14)6-8-4-5-9(13)7-11(8)15-10/h4-7,16H,2-3,14H2,1H3. The number of hydrogen-bond donors (Lipinski definition) is 2. The summed E-state index contributed by atoms with van der Waals surface area (Å²) in [7, 11) is 0. The van der Waals surface area contributed by atoms with E-state index in [2.05, 4.69) is 33.3 Å². The Bertz CT molecular complexity index is 511. The maximum absolute atomic E-state index is 5.50. The second-order valence-electron chi connectivity index (χ2n) is 3.71. The van der Waals surface area contributed by atoms with E-state index >= 15 is 0 Å². The van der Waals surface area contributed by atoms with Gasteiger partial charge in [-0.05, 0) is 24.6 Å². The van der Waals surface area contributed by atoms with Crippen LogP contribution in [0.15, 0.2) is 28.7 Å². The minimum Gasteiger partial charge on any atom is -0.322 e.